The number of nitrogens with zero attached hydrogens (tertiary/aromatic N) is 2. The molecule has 0 atom stereocenters. The van der Waals surface area contributed by atoms with Crippen LogP contribution >= 0.6 is 23.4 Å². The molecule has 0 aliphatic carbocycles. The van der Waals surface area contributed by atoms with Crippen molar-refractivity contribution in [1.82, 2.24) is 9.47 Å². The molecule has 0 spiro atoms. The molecule has 1 aliphatic rings. The van der Waals surface area contributed by atoms with Crippen LogP contribution in [-0.4, -0.2) is 20.6 Å². The van der Waals surface area contributed by atoms with Crippen LogP contribution in [0.5, 0.6) is 0 Å². The van der Waals surface area contributed by atoms with Crippen LogP contribution in [0, 0.1) is 0 Å². The zero-order valence-electron chi connectivity index (χ0n) is 12.5. The highest BCUT2D eigenvalue weighted by Crippen LogP contribution is 2.33. The number of halogens is 1. The van der Waals surface area contributed by atoms with Crippen LogP contribution in [0.1, 0.15) is 18.2 Å². The Bertz CT molecular complexity index is 780. The predicted octanol–water partition coefficient (Wildman–Crippen LogP) is 4.40. The lowest BCUT2D eigenvalue weighted by atomic mass is 10.2. The normalized spacial score (nSPS) is 16.6. The van der Waals surface area contributed by atoms with Crippen LogP contribution in [0.4, 0.5) is 4.79 Å². The van der Waals surface area contributed by atoms with Gasteiger partial charge in [0, 0.05) is 23.5 Å². The molecule has 1 fully saturated rings. The number of aromatic nitrogens is 1. The molecule has 0 bridgehead atoms. The Kier molecular flexibility index (Phi) is 4.59. The van der Waals surface area contributed by atoms with Crippen molar-refractivity contribution in [3.8, 4) is 0 Å². The van der Waals surface area contributed by atoms with Gasteiger partial charge in [-0.05, 0) is 54.6 Å². The van der Waals surface area contributed by atoms with E-state index in [1.54, 1.807) is 18.2 Å². The minimum absolute atomic E-state index is 0.245. The number of hydrogen-bond donors (Lipinski definition) is 0. The minimum Gasteiger partial charge on any atom is -0.348 e. The zero-order valence-corrected chi connectivity index (χ0v) is 14.1. The van der Waals surface area contributed by atoms with Gasteiger partial charge in [-0.15, -0.1) is 0 Å². The number of amides is 2. The first kappa shape index (κ1) is 15.9. The second-order valence-corrected chi connectivity index (χ2v) is 6.54. The molecule has 118 valence electrons. The highest BCUT2D eigenvalue weighted by atomic mass is 35.5. The van der Waals surface area contributed by atoms with E-state index in [1.807, 2.05) is 42.0 Å². The average Bonchev–Trinajstić information content (AvgIpc) is 3.09. The third kappa shape index (κ3) is 3.35. The summed E-state index contributed by atoms with van der Waals surface area (Å²) in [5.74, 6) is -0.251. The molecule has 0 saturated carbocycles. The fraction of sp³-hybridized carbons (Fsp3) is 0.176. The van der Waals surface area contributed by atoms with Crippen LogP contribution in [0.3, 0.4) is 0 Å². The molecule has 4 nitrogen and oxygen atoms in total. The monoisotopic (exact) mass is 346 g/mol. The van der Waals surface area contributed by atoms with Gasteiger partial charge in [0.2, 0.25) is 0 Å². The summed E-state index contributed by atoms with van der Waals surface area (Å²) in [6.45, 7) is 3.10. The van der Waals surface area contributed by atoms with E-state index in [2.05, 4.69) is 0 Å². The van der Waals surface area contributed by atoms with Gasteiger partial charge < -0.3 is 4.57 Å². The SMILES string of the molecule is CCn1cccc1/C=C1/SC(=O)N(Cc2ccc(Cl)cc2)C1=O. The quantitative estimate of drug-likeness (QED) is 0.771. The lowest BCUT2D eigenvalue weighted by molar-refractivity contribution is -0.123. The summed E-state index contributed by atoms with van der Waals surface area (Å²) in [6, 6.07) is 11.0. The fourth-order valence-electron chi connectivity index (χ4n) is 2.39. The molecule has 2 amide bonds. The van der Waals surface area contributed by atoms with Crippen LogP contribution < -0.4 is 0 Å². The molecule has 3 rings (SSSR count). The Labute approximate surface area is 143 Å². The predicted molar refractivity (Wildman–Crippen MR) is 93.1 cm³/mol. The summed E-state index contributed by atoms with van der Waals surface area (Å²) in [5.41, 5.74) is 1.79. The molecule has 1 aromatic carbocycles. The van der Waals surface area contributed by atoms with Crippen molar-refractivity contribution in [2.75, 3.05) is 0 Å². The van der Waals surface area contributed by atoms with Crippen LogP contribution in [-0.2, 0) is 17.9 Å². The molecule has 2 aromatic rings. The summed E-state index contributed by atoms with van der Waals surface area (Å²) < 4.78 is 2.02. The van der Waals surface area contributed by atoms with Gasteiger partial charge in [0.25, 0.3) is 11.1 Å². The van der Waals surface area contributed by atoms with E-state index in [4.69, 9.17) is 11.6 Å². The second-order valence-electron chi connectivity index (χ2n) is 5.11. The van der Waals surface area contributed by atoms with Crippen molar-refractivity contribution in [2.45, 2.75) is 20.0 Å². The number of aryl methyl sites for hydroxylation is 1. The summed E-state index contributed by atoms with van der Waals surface area (Å²) in [4.78, 5) is 26.4. The molecule has 23 heavy (non-hydrogen) atoms. The van der Waals surface area contributed by atoms with E-state index < -0.39 is 0 Å². The van der Waals surface area contributed by atoms with E-state index in [0.29, 0.717) is 9.93 Å². The van der Waals surface area contributed by atoms with Gasteiger partial charge in [-0.1, -0.05) is 23.7 Å². The summed E-state index contributed by atoms with van der Waals surface area (Å²) in [5, 5.41) is 0.383. The van der Waals surface area contributed by atoms with Crippen molar-refractivity contribution >= 4 is 40.6 Å². The summed E-state index contributed by atoms with van der Waals surface area (Å²) >= 11 is 6.83. The topological polar surface area (TPSA) is 42.3 Å². The number of carbonyl (C=O) groups is 2. The zero-order chi connectivity index (χ0) is 16.4. The van der Waals surface area contributed by atoms with E-state index in [-0.39, 0.29) is 17.7 Å². The highest BCUT2D eigenvalue weighted by Gasteiger charge is 2.35. The maximum atomic E-state index is 12.5. The van der Waals surface area contributed by atoms with E-state index in [0.717, 1.165) is 29.6 Å². The minimum atomic E-state index is -0.251. The molecule has 0 radical (unpaired) electrons. The standard InChI is InChI=1S/C17H15ClN2O2S/c1-2-19-9-3-4-14(19)10-15-16(21)20(17(22)23-15)11-12-5-7-13(18)8-6-12/h3-10H,2,11H2,1H3/b15-10+. The van der Waals surface area contributed by atoms with Gasteiger partial charge in [-0.25, -0.2) is 0 Å². The van der Waals surface area contributed by atoms with Crippen molar-refractivity contribution in [3.05, 3.63) is 63.8 Å². The Balaban J connectivity index is 1.81. The first-order valence-electron chi connectivity index (χ1n) is 7.23. The molecule has 6 heteroatoms. The first-order chi connectivity index (χ1) is 11.1. The average molecular weight is 347 g/mol. The van der Waals surface area contributed by atoms with Crippen molar-refractivity contribution in [3.63, 3.8) is 0 Å². The molecule has 2 heterocycles. The molecule has 0 unspecified atom stereocenters. The number of rotatable bonds is 4. The van der Waals surface area contributed by atoms with Gasteiger partial charge in [0.15, 0.2) is 0 Å². The van der Waals surface area contributed by atoms with Gasteiger partial charge in [-0.3, -0.25) is 14.5 Å². The van der Waals surface area contributed by atoms with Gasteiger partial charge >= 0.3 is 0 Å². The Morgan fingerprint density at radius 3 is 2.61 bits per heavy atom. The smallest absolute Gasteiger partial charge is 0.293 e. The number of hydrogen-bond acceptors (Lipinski definition) is 3. The van der Waals surface area contributed by atoms with Gasteiger partial charge in [0.1, 0.15) is 0 Å². The maximum Gasteiger partial charge on any atom is 0.293 e. The third-order valence-electron chi connectivity index (χ3n) is 3.61. The highest BCUT2D eigenvalue weighted by molar-refractivity contribution is 8.18. The van der Waals surface area contributed by atoms with Gasteiger partial charge in [0.05, 0.1) is 11.4 Å². The largest absolute Gasteiger partial charge is 0.348 e. The van der Waals surface area contributed by atoms with Crippen molar-refractivity contribution in [1.29, 1.82) is 0 Å². The lowest BCUT2D eigenvalue weighted by Gasteiger charge is -2.12. The summed E-state index contributed by atoms with van der Waals surface area (Å²) in [7, 11) is 0. The maximum absolute atomic E-state index is 12.5. The third-order valence-corrected chi connectivity index (χ3v) is 4.77. The number of benzene rings is 1. The van der Waals surface area contributed by atoms with E-state index in [1.165, 1.54) is 4.90 Å². The molecule has 1 saturated heterocycles. The second kappa shape index (κ2) is 6.64. The van der Waals surface area contributed by atoms with Crippen LogP contribution in [0.25, 0.3) is 6.08 Å². The number of thioether (sulfide) groups is 1. The Hall–Kier alpha value is -1.98. The van der Waals surface area contributed by atoms with Crippen LogP contribution in [0.2, 0.25) is 5.02 Å². The van der Waals surface area contributed by atoms with E-state index in [9.17, 15) is 9.59 Å². The fourth-order valence-corrected chi connectivity index (χ4v) is 3.34. The number of carbonyl (C=O) groups excluding carboxylic acids is 2. The molecular formula is C17H15ClN2O2S. The van der Waals surface area contributed by atoms with E-state index >= 15 is 0 Å². The molecule has 1 aromatic heterocycles. The lowest BCUT2D eigenvalue weighted by Crippen LogP contribution is -2.27. The Morgan fingerprint density at radius 1 is 1.17 bits per heavy atom. The van der Waals surface area contributed by atoms with Crippen molar-refractivity contribution < 1.29 is 9.59 Å². The van der Waals surface area contributed by atoms with Gasteiger partial charge in [-0.2, -0.15) is 0 Å². The Morgan fingerprint density at radius 2 is 1.91 bits per heavy atom. The molecule has 0 N–H and O–H groups in total. The molecule has 1 aliphatic heterocycles. The first-order valence-corrected chi connectivity index (χ1v) is 8.43. The van der Waals surface area contributed by atoms with Crippen LogP contribution in [0.15, 0.2) is 47.5 Å². The van der Waals surface area contributed by atoms with Crippen molar-refractivity contribution in [2.24, 2.45) is 0 Å². The summed E-state index contributed by atoms with van der Waals surface area (Å²) in [6.07, 6.45) is 3.72. The molecular weight excluding hydrogens is 332 g/mol. The number of imide groups is 1.